The normalized spacial score (nSPS) is 23.2. The van der Waals surface area contributed by atoms with Crippen molar-refractivity contribution in [2.45, 2.75) is 58.1 Å². The van der Waals surface area contributed by atoms with Crippen LogP contribution in [0.2, 0.25) is 0 Å². The van der Waals surface area contributed by atoms with Crippen LogP contribution in [0.4, 0.5) is 0 Å². The number of piperidine rings is 1. The fraction of sp³-hybridized carbons (Fsp3) is 1.00. The summed E-state index contributed by atoms with van der Waals surface area (Å²) in [6, 6.07) is 0. The Labute approximate surface area is 100 Å². The highest BCUT2D eigenvalue weighted by atomic mass is 16.5. The SMILES string of the molecule is CCCC(C)(CN)N1CCC(OCC)CC1. The third-order valence-electron chi connectivity index (χ3n) is 3.84. The lowest BCUT2D eigenvalue weighted by Crippen LogP contribution is -2.55. The first kappa shape index (κ1) is 13.9. The van der Waals surface area contributed by atoms with Crippen LogP contribution >= 0.6 is 0 Å². The first-order valence-corrected chi connectivity index (χ1v) is 6.73. The Hall–Kier alpha value is -0.120. The van der Waals surface area contributed by atoms with Crippen LogP contribution in [0.15, 0.2) is 0 Å². The smallest absolute Gasteiger partial charge is 0.0599 e. The quantitative estimate of drug-likeness (QED) is 0.756. The number of nitrogens with zero attached hydrogens (tertiary/aromatic N) is 1. The second-order valence-corrected chi connectivity index (χ2v) is 5.09. The Kier molecular flexibility index (Phi) is 5.73. The summed E-state index contributed by atoms with van der Waals surface area (Å²) in [7, 11) is 0. The third-order valence-corrected chi connectivity index (χ3v) is 3.84. The molecule has 16 heavy (non-hydrogen) atoms. The van der Waals surface area contributed by atoms with Crippen molar-refractivity contribution in [2.24, 2.45) is 5.73 Å². The summed E-state index contributed by atoms with van der Waals surface area (Å²) in [5, 5.41) is 0. The van der Waals surface area contributed by atoms with Gasteiger partial charge in [-0.2, -0.15) is 0 Å². The van der Waals surface area contributed by atoms with E-state index >= 15 is 0 Å². The van der Waals surface area contributed by atoms with Gasteiger partial charge in [-0.15, -0.1) is 0 Å². The maximum absolute atomic E-state index is 5.94. The van der Waals surface area contributed by atoms with Crippen molar-refractivity contribution in [1.29, 1.82) is 0 Å². The van der Waals surface area contributed by atoms with E-state index in [9.17, 15) is 0 Å². The predicted octanol–water partition coefficient (Wildman–Crippen LogP) is 2.00. The lowest BCUT2D eigenvalue weighted by atomic mass is 9.91. The molecule has 1 unspecified atom stereocenters. The minimum absolute atomic E-state index is 0.200. The highest BCUT2D eigenvalue weighted by Gasteiger charge is 2.32. The highest BCUT2D eigenvalue weighted by molar-refractivity contribution is 4.89. The molecule has 3 heteroatoms. The Morgan fingerprint density at radius 3 is 2.38 bits per heavy atom. The molecule has 1 aliphatic rings. The summed E-state index contributed by atoms with van der Waals surface area (Å²) < 4.78 is 5.68. The molecule has 0 saturated carbocycles. The molecule has 1 saturated heterocycles. The summed E-state index contributed by atoms with van der Waals surface area (Å²) in [6.07, 6.45) is 5.20. The van der Waals surface area contributed by atoms with Crippen LogP contribution in [0.3, 0.4) is 0 Å². The third kappa shape index (κ3) is 3.44. The largest absolute Gasteiger partial charge is 0.378 e. The Balaban J connectivity index is 2.44. The van der Waals surface area contributed by atoms with Crippen LogP contribution in [0.25, 0.3) is 0 Å². The monoisotopic (exact) mass is 228 g/mol. The van der Waals surface area contributed by atoms with E-state index in [2.05, 4.69) is 25.7 Å². The van der Waals surface area contributed by atoms with Gasteiger partial charge in [-0.1, -0.05) is 13.3 Å². The first-order chi connectivity index (χ1) is 7.66. The topological polar surface area (TPSA) is 38.5 Å². The van der Waals surface area contributed by atoms with Crippen molar-refractivity contribution in [3.05, 3.63) is 0 Å². The van der Waals surface area contributed by atoms with Gasteiger partial charge >= 0.3 is 0 Å². The number of rotatable bonds is 6. The lowest BCUT2D eigenvalue weighted by molar-refractivity contribution is -0.0159. The van der Waals surface area contributed by atoms with Crippen LogP contribution < -0.4 is 5.73 Å². The van der Waals surface area contributed by atoms with Gasteiger partial charge in [-0.05, 0) is 33.1 Å². The van der Waals surface area contributed by atoms with Crippen molar-refractivity contribution in [3.8, 4) is 0 Å². The van der Waals surface area contributed by atoms with Gasteiger partial charge in [0.15, 0.2) is 0 Å². The Morgan fingerprint density at radius 1 is 1.31 bits per heavy atom. The van der Waals surface area contributed by atoms with E-state index < -0.39 is 0 Å². The minimum atomic E-state index is 0.200. The second-order valence-electron chi connectivity index (χ2n) is 5.09. The van der Waals surface area contributed by atoms with E-state index in [-0.39, 0.29) is 5.54 Å². The average Bonchev–Trinajstić information content (AvgIpc) is 2.30. The fourth-order valence-corrected chi connectivity index (χ4v) is 2.73. The summed E-state index contributed by atoms with van der Waals surface area (Å²) in [5.41, 5.74) is 6.14. The van der Waals surface area contributed by atoms with Crippen LogP contribution in [0, 0.1) is 0 Å². The summed E-state index contributed by atoms with van der Waals surface area (Å²) >= 11 is 0. The van der Waals surface area contributed by atoms with Crippen molar-refractivity contribution in [1.82, 2.24) is 4.90 Å². The van der Waals surface area contributed by atoms with Crippen molar-refractivity contribution < 1.29 is 4.74 Å². The summed E-state index contributed by atoms with van der Waals surface area (Å²) in [6.45, 7) is 10.5. The number of hydrogen-bond donors (Lipinski definition) is 1. The van der Waals surface area contributed by atoms with Gasteiger partial charge in [0.2, 0.25) is 0 Å². The summed E-state index contributed by atoms with van der Waals surface area (Å²) in [5.74, 6) is 0. The van der Waals surface area contributed by atoms with Gasteiger partial charge in [0.25, 0.3) is 0 Å². The molecule has 0 amide bonds. The number of hydrogen-bond acceptors (Lipinski definition) is 3. The molecule has 1 heterocycles. The van der Waals surface area contributed by atoms with Crippen LogP contribution in [0.5, 0.6) is 0 Å². The zero-order valence-corrected chi connectivity index (χ0v) is 11.2. The molecule has 0 aromatic carbocycles. The standard InChI is InChI=1S/C13H28N2O/c1-4-8-13(3,11-14)15-9-6-12(7-10-15)16-5-2/h12H,4-11,14H2,1-3H3. The molecular weight excluding hydrogens is 200 g/mol. The minimum Gasteiger partial charge on any atom is -0.378 e. The van der Waals surface area contributed by atoms with E-state index in [0.29, 0.717) is 6.10 Å². The maximum atomic E-state index is 5.94. The van der Waals surface area contributed by atoms with Crippen molar-refractivity contribution >= 4 is 0 Å². The number of likely N-dealkylation sites (tertiary alicyclic amines) is 1. The molecule has 0 spiro atoms. The van der Waals surface area contributed by atoms with Gasteiger partial charge in [0, 0.05) is 31.8 Å². The molecule has 1 atom stereocenters. The van der Waals surface area contributed by atoms with Crippen LogP contribution in [-0.4, -0.2) is 42.8 Å². The van der Waals surface area contributed by atoms with Gasteiger partial charge < -0.3 is 10.5 Å². The Bertz CT molecular complexity index is 190. The molecule has 0 bridgehead atoms. The summed E-state index contributed by atoms with van der Waals surface area (Å²) in [4.78, 5) is 2.56. The molecular formula is C13H28N2O. The Morgan fingerprint density at radius 2 is 1.94 bits per heavy atom. The highest BCUT2D eigenvalue weighted by Crippen LogP contribution is 2.25. The van der Waals surface area contributed by atoms with E-state index in [4.69, 9.17) is 10.5 Å². The van der Waals surface area contributed by atoms with Gasteiger partial charge in [-0.3, -0.25) is 4.90 Å². The second kappa shape index (κ2) is 6.58. The molecule has 2 N–H and O–H groups in total. The van der Waals surface area contributed by atoms with E-state index in [0.717, 1.165) is 39.1 Å². The van der Waals surface area contributed by atoms with E-state index in [1.807, 2.05) is 0 Å². The molecule has 0 aliphatic carbocycles. The van der Waals surface area contributed by atoms with E-state index in [1.165, 1.54) is 12.8 Å². The first-order valence-electron chi connectivity index (χ1n) is 6.73. The molecule has 1 fully saturated rings. The zero-order chi connectivity index (χ0) is 12.0. The average molecular weight is 228 g/mol. The van der Waals surface area contributed by atoms with Gasteiger partial charge in [0.05, 0.1) is 6.10 Å². The fourth-order valence-electron chi connectivity index (χ4n) is 2.73. The molecule has 0 aromatic heterocycles. The van der Waals surface area contributed by atoms with Crippen LogP contribution in [-0.2, 0) is 4.74 Å². The molecule has 1 rings (SSSR count). The van der Waals surface area contributed by atoms with Gasteiger partial charge in [0.1, 0.15) is 0 Å². The number of ether oxygens (including phenoxy) is 1. The van der Waals surface area contributed by atoms with Crippen molar-refractivity contribution in [2.75, 3.05) is 26.2 Å². The van der Waals surface area contributed by atoms with Crippen LogP contribution in [0.1, 0.15) is 46.5 Å². The maximum Gasteiger partial charge on any atom is 0.0599 e. The molecule has 1 aliphatic heterocycles. The van der Waals surface area contributed by atoms with E-state index in [1.54, 1.807) is 0 Å². The lowest BCUT2D eigenvalue weighted by Gasteiger charge is -2.44. The molecule has 3 nitrogen and oxygen atoms in total. The molecule has 96 valence electrons. The molecule has 0 aromatic rings. The number of nitrogens with two attached hydrogens (primary N) is 1. The van der Waals surface area contributed by atoms with Gasteiger partial charge in [-0.25, -0.2) is 0 Å². The molecule has 0 radical (unpaired) electrons. The van der Waals surface area contributed by atoms with Crippen molar-refractivity contribution in [3.63, 3.8) is 0 Å². The zero-order valence-electron chi connectivity index (χ0n) is 11.2. The predicted molar refractivity (Wildman–Crippen MR) is 68.6 cm³/mol.